The lowest BCUT2D eigenvalue weighted by Crippen LogP contribution is -2.53. The van der Waals surface area contributed by atoms with Gasteiger partial charge in [0.05, 0.1) is 23.7 Å². The highest BCUT2D eigenvalue weighted by atomic mass is 32.2. The number of piperazine rings is 1. The molecule has 0 amide bonds. The molecule has 2 heterocycles. The average molecular weight is 412 g/mol. The van der Waals surface area contributed by atoms with Gasteiger partial charge in [0.25, 0.3) is 0 Å². The Kier molecular flexibility index (Phi) is 7.12. The predicted molar refractivity (Wildman–Crippen MR) is 111 cm³/mol. The molecule has 2 aliphatic heterocycles. The van der Waals surface area contributed by atoms with Gasteiger partial charge in [-0.25, -0.2) is 12.8 Å². The summed E-state index contributed by atoms with van der Waals surface area (Å²) < 4.78 is 37.1. The third-order valence-corrected chi connectivity index (χ3v) is 6.83. The van der Waals surface area contributed by atoms with Crippen LogP contribution in [-0.2, 0) is 9.84 Å². The molecule has 0 aliphatic carbocycles. The van der Waals surface area contributed by atoms with Gasteiger partial charge < -0.3 is 15.1 Å². The molecule has 0 spiro atoms. The van der Waals surface area contributed by atoms with Crippen molar-refractivity contribution in [3.05, 3.63) is 30.1 Å². The number of anilines is 1. The Morgan fingerprint density at radius 3 is 2.43 bits per heavy atom. The number of guanidine groups is 1. The monoisotopic (exact) mass is 411 g/mol. The van der Waals surface area contributed by atoms with Crippen molar-refractivity contribution in [2.45, 2.75) is 6.92 Å². The molecule has 1 N–H and O–H groups in total. The van der Waals surface area contributed by atoms with E-state index in [9.17, 15) is 12.8 Å². The molecule has 1 aromatic carbocycles. The van der Waals surface area contributed by atoms with Crippen molar-refractivity contribution in [3.8, 4) is 0 Å². The third-order valence-electron chi connectivity index (χ3n) is 5.22. The van der Waals surface area contributed by atoms with Crippen molar-refractivity contribution in [3.63, 3.8) is 0 Å². The summed E-state index contributed by atoms with van der Waals surface area (Å²) in [4.78, 5) is 11.2. The number of nitrogens with one attached hydrogen (secondary N) is 1. The van der Waals surface area contributed by atoms with Crippen LogP contribution in [0.15, 0.2) is 29.3 Å². The Bertz CT molecular complexity index is 764. The van der Waals surface area contributed by atoms with Crippen LogP contribution in [-0.4, -0.2) is 94.6 Å². The van der Waals surface area contributed by atoms with E-state index in [4.69, 9.17) is 4.99 Å². The number of aliphatic imine (C=N–C) groups is 1. The third kappa shape index (κ3) is 5.57. The van der Waals surface area contributed by atoms with Crippen molar-refractivity contribution in [2.24, 2.45) is 4.99 Å². The standard InChI is InChI=1S/C19H30FN5O2S/c1-2-21-19(22-7-8-23-13-15-28(26,27)16-14-23)25-11-9-24(10-12-25)18-6-4-3-5-17(18)20/h3-6H,2,7-16H2,1H3,(H,21,22). The summed E-state index contributed by atoms with van der Waals surface area (Å²) >= 11 is 0. The van der Waals surface area contributed by atoms with Crippen LogP contribution < -0.4 is 10.2 Å². The molecule has 2 aliphatic rings. The Morgan fingerprint density at radius 1 is 1.11 bits per heavy atom. The Labute approximate surface area is 167 Å². The molecule has 3 rings (SSSR count). The van der Waals surface area contributed by atoms with Gasteiger partial charge >= 0.3 is 0 Å². The molecule has 156 valence electrons. The molecule has 28 heavy (non-hydrogen) atoms. The van der Waals surface area contributed by atoms with Crippen molar-refractivity contribution in [1.82, 2.24) is 15.1 Å². The molecule has 2 fully saturated rings. The van der Waals surface area contributed by atoms with Gasteiger partial charge in [0.2, 0.25) is 0 Å². The van der Waals surface area contributed by atoms with Crippen molar-refractivity contribution in [1.29, 1.82) is 0 Å². The predicted octanol–water partition coefficient (Wildman–Crippen LogP) is 0.644. The zero-order valence-corrected chi connectivity index (χ0v) is 17.3. The van der Waals surface area contributed by atoms with Crippen molar-refractivity contribution in [2.75, 3.05) is 75.3 Å². The SMILES string of the molecule is CCNC(=NCCN1CCS(=O)(=O)CC1)N1CCN(c2ccccc2F)CC1. The van der Waals surface area contributed by atoms with E-state index in [1.807, 2.05) is 19.1 Å². The van der Waals surface area contributed by atoms with Crippen molar-refractivity contribution < 1.29 is 12.8 Å². The second kappa shape index (κ2) is 9.56. The van der Waals surface area contributed by atoms with Gasteiger partial charge in [-0.15, -0.1) is 0 Å². The normalized spacial score (nSPS) is 21.0. The molecule has 0 radical (unpaired) electrons. The molecular weight excluding hydrogens is 381 g/mol. The number of halogens is 1. The minimum atomic E-state index is -2.84. The second-order valence-electron chi connectivity index (χ2n) is 7.15. The highest BCUT2D eigenvalue weighted by Gasteiger charge is 2.23. The van der Waals surface area contributed by atoms with E-state index < -0.39 is 9.84 Å². The molecule has 7 nitrogen and oxygen atoms in total. The molecule has 1 aromatic rings. The summed E-state index contributed by atoms with van der Waals surface area (Å²) in [5, 5.41) is 3.34. The lowest BCUT2D eigenvalue weighted by atomic mass is 10.2. The lowest BCUT2D eigenvalue weighted by molar-refractivity contribution is 0.302. The number of para-hydroxylation sites is 1. The first kappa shape index (κ1) is 20.9. The summed E-state index contributed by atoms with van der Waals surface area (Å²) in [7, 11) is -2.84. The Hall–Kier alpha value is -1.87. The molecule has 0 atom stereocenters. The first-order valence-electron chi connectivity index (χ1n) is 9.94. The van der Waals surface area contributed by atoms with Gasteiger partial charge in [-0.2, -0.15) is 0 Å². The van der Waals surface area contributed by atoms with Crippen LogP contribution in [0.4, 0.5) is 10.1 Å². The fourth-order valence-corrected chi connectivity index (χ4v) is 4.84. The quantitative estimate of drug-likeness (QED) is 0.567. The van der Waals surface area contributed by atoms with E-state index in [1.165, 1.54) is 6.07 Å². The molecular formula is C19H30FN5O2S. The molecule has 9 heteroatoms. The number of hydrogen-bond donors (Lipinski definition) is 1. The van der Waals surface area contributed by atoms with E-state index in [0.717, 1.165) is 45.2 Å². The van der Waals surface area contributed by atoms with Crippen LogP contribution in [0.2, 0.25) is 0 Å². The number of sulfone groups is 1. The number of hydrogen-bond acceptors (Lipinski definition) is 5. The lowest BCUT2D eigenvalue weighted by Gasteiger charge is -2.37. The topological polar surface area (TPSA) is 68.2 Å². The average Bonchev–Trinajstić information content (AvgIpc) is 2.69. The van der Waals surface area contributed by atoms with E-state index in [1.54, 1.807) is 6.07 Å². The van der Waals surface area contributed by atoms with Crippen LogP contribution in [0.5, 0.6) is 0 Å². The zero-order valence-electron chi connectivity index (χ0n) is 16.5. The highest BCUT2D eigenvalue weighted by Crippen LogP contribution is 2.20. The van der Waals surface area contributed by atoms with Crippen LogP contribution in [0, 0.1) is 5.82 Å². The van der Waals surface area contributed by atoms with Gasteiger partial charge in [0, 0.05) is 52.4 Å². The maximum Gasteiger partial charge on any atom is 0.194 e. The smallest absolute Gasteiger partial charge is 0.194 e. The first-order valence-corrected chi connectivity index (χ1v) is 11.8. The summed E-state index contributed by atoms with van der Waals surface area (Å²) in [6, 6.07) is 6.90. The van der Waals surface area contributed by atoms with E-state index >= 15 is 0 Å². The van der Waals surface area contributed by atoms with E-state index in [-0.39, 0.29) is 17.3 Å². The summed E-state index contributed by atoms with van der Waals surface area (Å²) in [5.74, 6) is 1.18. The molecule has 0 unspecified atom stereocenters. The maximum atomic E-state index is 14.0. The van der Waals surface area contributed by atoms with Crippen LogP contribution in [0.1, 0.15) is 6.92 Å². The summed E-state index contributed by atoms with van der Waals surface area (Å²) in [6.07, 6.45) is 0. The number of nitrogens with zero attached hydrogens (tertiary/aromatic N) is 4. The van der Waals surface area contributed by atoms with E-state index in [2.05, 4.69) is 20.0 Å². The summed E-state index contributed by atoms with van der Waals surface area (Å²) in [5.41, 5.74) is 0.657. The van der Waals surface area contributed by atoms with Crippen LogP contribution in [0.3, 0.4) is 0 Å². The fraction of sp³-hybridized carbons (Fsp3) is 0.632. The van der Waals surface area contributed by atoms with Gasteiger partial charge in [0.15, 0.2) is 15.8 Å². The van der Waals surface area contributed by atoms with Gasteiger partial charge in [-0.1, -0.05) is 12.1 Å². The maximum absolute atomic E-state index is 14.0. The van der Waals surface area contributed by atoms with Crippen LogP contribution >= 0.6 is 0 Å². The molecule has 0 bridgehead atoms. The number of rotatable bonds is 5. The Balaban J connectivity index is 1.51. The Morgan fingerprint density at radius 2 is 1.79 bits per heavy atom. The molecule has 0 aromatic heterocycles. The van der Waals surface area contributed by atoms with Crippen LogP contribution in [0.25, 0.3) is 0 Å². The molecule has 0 saturated carbocycles. The molecule has 2 saturated heterocycles. The largest absolute Gasteiger partial charge is 0.366 e. The fourth-order valence-electron chi connectivity index (χ4n) is 3.56. The first-order chi connectivity index (χ1) is 13.5. The van der Waals surface area contributed by atoms with Gasteiger partial charge in [-0.3, -0.25) is 9.89 Å². The van der Waals surface area contributed by atoms with Gasteiger partial charge in [0.1, 0.15) is 5.82 Å². The van der Waals surface area contributed by atoms with Crippen molar-refractivity contribution >= 4 is 21.5 Å². The highest BCUT2D eigenvalue weighted by molar-refractivity contribution is 7.91. The summed E-state index contributed by atoms with van der Waals surface area (Å²) in [6.45, 7) is 8.46. The minimum absolute atomic E-state index is 0.180. The minimum Gasteiger partial charge on any atom is -0.366 e. The van der Waals surface area contributed by atoms with E-state index in [0.29, 0.717) is 25.3 Å². The van der Waals surface area contributed by atoms with Gasteiger partial charge in [-0.05, 0) is 19.1 Å². The number of benzene rings is 1. The second-order valence-corrected chi connectivity index (χ2v) is 9.46. The zero-order chi connectivity index (χ0) is 20.0.